The second-order valence-corrected chi connectivity index (χ2v) is 5.82. The van der Waals surface area contributed by atoms with Crippen LogP contribution in [-0.4, -0.2) is 22.7 Å². The second kappa shape index (κ2) is 5.68. The third-order valence-electron chi connectivity index (χ3n) is 2.07. The molecule has 1 amide bonds. The van der Waals surface area contributed by atoms with E-state index in [-0.39, 0.29) is 5.91 Å². The molecular formula is C11H13Br2NO2. The highest BCUT2D eigenvalue weighted by Gasteiger charge is 2.28. The van der Waals surface area contributed by atoms with Gasteiger partial charge in [-0.1, -0.05) is 31.9 Å². The Balaban J connectivity index is 2.70. The molecule has 0 bridgehead atoms. The van der Waals surface area contributed by atoms with E-state index >= 15 is 0 Å². The van der Waals surface area contributed by atoms with Gasteiger partial charge in [0.1, 0.15) is 10.1 Å². The summed E-state index contributed by atoms with van der Waals surface area (Å²) in [6, 6.07) is 7.20. The number of methoxy groups -OCH3 is 1. The number of hydrogen-bond acceptors (Lipinski definition) is 2. The summed E-state index contributed by atoms with van der Waals surface area (Å²) in [6.07, 6.45) is 0. The molecule has 0 aliphatic rings. The molecule has 0 fully saturated rings. The van der Waals surface area contributed by atoms with Crippen LogP contribution in [0.4, 0.5) is 5.69 Å². The number of ether oxygens (including phenoxy) is 1. The van der Waals surface area contributed by atoms with Crippen molar-refractivity contribution in [2.45, 2.75) is 11.2 Å². The Labute approximate surface area is 112 Å². The van der Waals surface area contributed by atoms with Crippen molar-refractivity contribution in [3.05, 3.63) is 24.3 Å². The predicted molar refractivity (Wildman–Crippen MR) is 72.7 cm³/mol. The largest absolute Gasteiger partial charge is 0.497 e. The summed E-state index contributed by atoms with van der Waals surface area (Å²) < 4.78 is 4.43. The van der Waals surface area contributed by atoms with Crippen molar-refractivity contribution >= 4 is 43.5 Å². The molecule has 0 radical (unpaired) electrons. The standard InChI is InChI=1S/C11H13Br2NO2/c1-11(13,7-12)10(15)14-8-3-5-9(16-2)6-4-8/h3-6H,7H2,1-2H3,(H,14,15). The van der Waals surface area contributed by atoms with Gasteiger partial charge in [-0.25, -0.2) is 0 Å². The number of hydrogen-bond donors (Lipinski definition) is 1. The summed E-state index contributed by atoms with van der Waals surface area (Å²) >= 11 is 6.63. The van der Waals surface area contributed by atoms with Crippen molar-refractivity contribution in [2.75, 3.05) is 17.8 Å². The van der Waals surface area contributed by atoms with Crippen LogP contribution in [0.25, 0.3) is 0 Å². The van der Waals surface area contributed by atoms with Crippen LogP contribution in [0.1, 0.15) is 6.92 Å². The van der Waals surface area contributed by atoms with Crippen molar-refractivity contribution in [2.24, 2.45) is 0 Å². The molecule has 88 valence electrons. The van der Waals surface area contributed by atoms with E-state index in [0.29, 0.717) is 5.33 Å². The second-order valence-electron chi connectivity index (χ2n) is 3.51. The van der Waals surface area contributed by atoms with E-state index in [1.807, 2.05) is 0 Å². The molecule has 0 aliphatic carbocycles. The summed E-state index contributed by atoms with van der Waals surface area (Å²) in [4.78, 5) is 11.8. The van der Waals surface area contributed by atoms with E-state index in [9.17, 15) is 4.79 Å². The molecule has 0 heterocycles. The monoisotopic (exact) mass is 349 g/mol. The van der Waals surface area contributed by atoms with Crippen molar-refractivity contribution in [1.29, 1.82) is 0 Å². The zero-order valence-corrected chi connectivity index (χ0v) is 12.3. The molecule has 5 heteroatoms. The van der Waals surface area contributed by atoms with Gasteiger partial charge in [-0.05, 0) is 31.2 Å². The third-order valence-corrected chi connectivity index (χ3v) is 4.59. The molecular weight excluding hydrogens is 338 g/mol. The van der Waals surface area contributed by atoms with E-state index in [1.165, 1.54) is 0 Å². The minimum atomic E-state index is -0.604. The fourth-order valence-electron chi connectivity index (χ4n) is 0.996. The fourth-order valence-corrected chi connectivity index (χ4v) is 1.35. The lowest BCUT2D eigenvalue weighted by molar-refractivity contribution is -0.117. The Morgan fingerprint density at radius 1 is 1.44 bits per heavy atom. The number of rotatable bonds is 4. The van der Waals surface area contributed by atoms with Crippen molar-refractivity contribution < 1.29 is 9.53 Å². The van der Waals surface area contributed by atoms with Gasteiger partial charge in [0, 0.05) is 11.0 Å². The van der Waals surface area contributed by atoms with Crippen LogP contribution >= 0.6 is 31.9 Å². The van der Waals surface area contributed by atoms with Crippen molar-refractivity contribution in [1.82, 2.24) is 0 Å². The number of amides is 1. The van der Waals surface area contributed by atoms with Gasteiger partial charge < -0.3 is 10.1 Å². The molecule has 1 rings (SSSR count). The lowest BCUT2D eigenvalue weighted by Gasteiger charge is -2.18. The van der Waals surface area contributed by atoms with Gasteiger partial charge in [-0.15, -0.1) is 0 Å². The molecule has 16 heavy (non-hydrogen) atoms. The molecule has 0 spiro atoms. The molecule has 1 unspecified atom stereocenters. The van der Waals surface area contributed by atoms with Crippen LogP contribution in [-0.2, 0) is 4.79 Å². The number of carbonyl (C=O) groups excluding carboxylic acids is 1. The van der Waals surface area contributed by atoms with E-state index in [1.54, 1.807) is 38.3 Å². The molecule has 0 saturated heterocycles. The highest BCUT2D eigenvalue weighted by atomic mass is 79.9. The Hall–Kier alpha value is -0.550. The molecule has 1 atom stereocenters. The maximum Gasteiger partial charge on any atom is 0.241 e. The average molecular weight is 351 g/mol. The van der Waals surface area contributed by atoms with Gasteiger partial charge >= 0.3 is 0 Å². The topological polar surface area (TPSA) is 38.3 Å². The van der Waals surface area contributed by atoms with E-state index < -0.39 is 4.32 Å². The number of alkyl halides is 2. The maximum atomic E-state index is 11.8. The zero-order valence-electron chi connectivity index (χ0n) is 9.09. The van der Waals surface area contributed by atoms with Crippen LogP contribution in [0, 0.1) is 0 Å². The quantitative estimate of drug-likeness (QED) is 0.847. The molecule has 0 saturated carbocycles. The molecule has 1 N–H and O–H groups in total. The molecule has 1 aromatic rings. The number of carbonyl (C=O) groups is 1. The summed E-state index contributed by atoms with van der Waals surface area (Å²) in [5, 5.41) is 3.36. The summed E-state index contributed by atoms with van der Waals surface area (Å²) in [5.41, 5.74) is 0.748. The smallest absolute Gasteiger partial charge is 0.241 e. The number of halogens is 2. The van der Waals surface area contributed by atoms with Gasteiger partial charge in [0.25, 0.3) is 0 Å². The first kappa shape index (κ1) is 13.5. The molecule has 0 aliphatic heterocycles. The first-order valence-corrected chi connectivity index (χ1v) is 6.61. The lowest BCUT2D eigenvalue weighted by atomic mass is 10.2. The van der Waals surface area contributed by atoms with Crippen LogP contribution in [0.15, 0.2) is 24.3 Å². The third kappa shape index (κ3) is 3.49. The Morgan fingerprint density at radius 2 is 2.00 bits per heavy atom. The van der Waals surface area contributed by atoms with Crippen LogP contribution in [0.5, 0.6) is 5.75 Å². The SMILES string of the molecule is COc1ccc(NC(=O)C(C)(Br)CBr)cc1. The summed E-state index contributed by atoms with van der Waals surface area (Å²) in [6.45, 7) is 1.81. The van der Waals surface area contributed by atoms with E-state index in [4.69, 9.17) is 4.74 Å². The number of benzene rings is 1. The first-order valence-electron chi connectivity index (χ1n) is 4.70. The number of anilines is 1. The normalized spacial score (nSPS) is 14.0. The fraction of sp³-hybridized carbons (Fsp3) is 0.364. The first-order chi connectivity index (χ1) is 7.49. The lowest BCUT2D eigenvalue weighted by Crippen LogP contribution is -2.35. The summed E-state index contributed by atoms with van der Waals surface area (Å²) in [5.74, 6) is 0.676. The van der Waals surface area contributed by atoms with Gasteiger partial charge in [0.05, 0.1) is 7.11 Å². The van der Waals surface area contributed by atoms with Crippen LogP contribution in [0.2, 0.25) is 0 Å². The minimum Gasteiger partial charge on any atom is -0.497 e. The van der Waals surface area contributed by atoms with Crippen molar-refractivity contribution in [3.8, 4) is 5.75 Å². The Kier molecular flexibility index (Phi) is 4.80. The predicted octanol–water partition coefficient (Wildman–Crippen LogP) is 3.18. The van der Waals surface area contributed by atoms with E-state index in [2.05, 4.69) is 37.2 Å². The summed E-state index contributed by atoms with van der Waals surface area (Å²) in [7, 11) is 1.61. The molecule has 1 aromatic carbocycles. The van der Waals surface area contributed by atoms with Crippen molar-refractivity contribution in [3.63, 3.8) is 0 Å². The molecule has 3 nitrogen and oxygen atoms in total. The maximum absolute atomic E-state index is 11.8. The number of nitrogens with one attached hydrogen (secondary N) is 1. The Morgan fingerprint density at radius 3 is 2.44 bits per heavy atom. The van der Waals surface area contributed by atoms with Gasteiger partial charge in [0.15, 0.2) is 0 Å². The zero-order chi connectivity index (χ0) is 12.2. The van der Waals surface area contributed by atoms with E-state index in [0.717, 1.165) is 11.4 Å². The van der Waals surface area contributed by atoms with Crippen LogP contribution < -0.4 is 10.1 Å². The van der Waals surface area contributed by atoms with Gasteiger partial charge in [-0.2, -0.15) is 0 Å². The highest BCUT2D eigenvalue weighted by molar-refractivity contribution is 9.12. The average Bonchev–Trinajstić information content (AvgIpc) is 2.30. The van der Waals surface area contributed by atoms with Crippen LogP contribution in [0.3, 0.4) is 0 Å². The highest BCUT2D eigenvalue weighted by Crippen LogP contribution is 2.23. The van der Waals surface area contributed by atoms with Gasteiger partial charge in [0.2, 0.25) is 5.91 Å². The Bertz CT molecular complexity index is 363. The minimum absolute atomic E-state index is 0.0884. The molecule has 0 aromatic heterocycles. The van der Waals surface area contributed by atoms with Gasteiger partial charge in [-0.3, -0.25) is 4.79 Å².